The summed E-state index contributed by atoms with van der Waals surface area (Å²) in [5.41, 5.74) is 0. The molecule has 0 aromatic heterocycles. The van der Waals surface area contributed by atoms with Gasteiger partial charge in [0.1, 0.15) is 18.1 Å². The van der Waals surface area contributed by atoms with Gasteiger partial charge in [-0.3, -0.25) is 10.1 Å². The number of phenolic OH excluding ortho intramolecular Hbond substituents is 1. The molecule has 0 fully saturated rings. The fourth-order valence-corrected chi connectivity index (χ4v) is 2.95. The number of rotatable bonds is 16. The van der Waals surface area contributed by atoms with E-state index >= 15 is 0 Å². The molecule has 7 heteroatoms. The second-order valence-electron chi connectivity index (χ2n) is 7.35. The van der Waals surface area contributed by atoms with Crippen molar-refractivity contribution in [2.75, 3.05) is 19.8 Å². The molecule has 0 saturated carbocycles. The number of carbonyl (C=O) groups is 2. The van der Waals surface area contributed by atoms with E-state index in [4.69, 9.17) is 9.47 Å². The van der Waals surface area contributed by atoms with Crippen LogP contribution in [0.3, 0.4) is 0 Å². The molecular formula is C23H38N2O5. The summed E-state index contributed by atoms with van der Waals surface area (Å²) in [6.07, 6.45) is 9.12. The number of nitrogens with one attached hydrogen (secondary N) is 2. The smallest absolute Gasteiger partial charge is 0.321 e. The van der Waals surface area contributed by atoms with E-state index in [2.05, 4.69) is 24.5 Å². The summed E-state index contributed by atoms with van der Waals surface area (Å²) in [7, 11) is 0. The molecule has 0 saturated heterocycles. The van der Waals surface area contributed by atoms with Gasteiger partial charge in [-0.05, 0) is 49.9 Å². The first-order valence-electron chi connectivity index (χ1n) is 11.2. The quantitative estimate of drug-likeness (QED) is 0.340. The molecule has 1 aromatic carbocycles. The highest BCUT2D eigenvalue weighted by Gasteiger charge is 2.08. The van der Waals surface area contributed by atoms with Gasteiger partial charge in [-0.25, -0.2) is 4.79 Å². The Labute approximate surface area is 180 Å². The van der Waals surface area contributed by atoms with Gasteiger partial charge in [0.15, 0.2) is 0 Å². The minimum atomic E-state index is -0.518. The number of aromatic hydroxyl groups is 1. The predicted octanol–water partition coefficient (Wildman–Crippen LogP) is 4.53. The van der Waals surface area contributed by atoms with Crippen molar-refractivity contribution in [3.63, 3.8) is 0 Å². The van der Waals surface area contributed by atoms with Crippen LogP contribution in [0.4, 0.5) is 4.79 Å². The number of hydrogen-bond acceptors (Lipinski definition) is 5. The number of ether oxygens (including phenoxy) is 2. The van der Waals surface area contributed by atoms with E-state index in [0.29, 0.717) is 18.3 Å². The Kier molecular flexibility index (Phi) is 14.2. The van der Waals surface area contributed by atoms with E-state index in [1.807, 2.05) is 0 Å². The largest absolute Gasteiger partial charge is 0.508 e. The lowest BCUT2D eigenvalue weighted by molar-refractivity contribution is -0.120. The number of phenols is 1. The summed E-state index contributed by atoms with van der Waals surface area (Å²) in [5, 5.41) is 14.1. The van der Waals surface area contributed by atoms with Crippen LogP contribution in [0.5, 0.6) is 11.5 Å². The third-order valence-corrected chi connectivity index (χ3v) is 4.73. The standard InChI is InChI=1S/C23H38N2O5/c1-3-5-7-10-20(4-2)29-17-9-6-8-11-22(27)25-23(28)24-16-18-30-21-14-12-19(26)13-15-21/h12-15,20,26H,3-11,16-18H2,1-2H3,(H2,24,25,27,28). The number of hydrogen-bond donors (Lipinski definition) is 3. The van der Waals surface area contributed by atoms with Gasteiger partial charge < -0.3 is 19.9 Å². The van der Waals surface area contributed by atoms with Crippen LogP contribution in [0.15, 0.2) is 24.3 Å². The zero-order chi connectivity index (χ0) is 22.0. The van der Waals surface area contributed by atoms with Crippen LogP contribution in [0.25, 0.3) is 0 Å². The number of urea groups is 1. The van der Waals surface area contributed by atoms with Crippen molar-refractivity contribution in [3.8, 4) is 11.5 Å². The van der Waals surface area contributed by atoms with E-state index in [0.717, 1.165) is 38.7 Å². The van der Waals surface area contributed by atoms with Crippen molar-refractivity contribution >= 4 is 11.9 Å². The van der Waals surface area contributed by atoms with Crippen molar-refractivity contribution in [1.29, 1.82) is 0 Å². The van der Waals surface area contributed by atoms with Crippen LogP contribution in [-0.4, -0.2) is 42.9 Å². The molecule has 0 aliphatic rings. The molecule has 0 aliphatic heterocycles. The van der Waals surface area contributed by atoms with Crippen molar-refractivity contribution in [2.24, 2.45) is 0 Å². The summed E-state index contributed by atoms with van der Waals surface area (Å²) in [5.74, 6) is 0.485. The van der Waals surface area contributed by atoms with Gasteiger partial charge in [-0.15, -0.1) is 0 Å². The van der Waals surface area contributed by atoms with E-state index in [9.17, 15) is 14.7 Å². The first-order valence-corrected chi connectivity index (χ1v) is 11.2. The lowest BCUT2D eigenvalue weighted by Gasteiger charge is -2.15. The number of amides is 3. The molecule has 0 heterocycles. The van der Waals surface area contributed by atoms with Crippen LogP contribution in [0.1, 0.15) is 71.6 Å². The SMILES string of the molecule is CCCCCC(CC)OCCCCCC(=O)NC(=O)NCCOc1ccc(O)cc1. The summed E-state index contributed by atoms with van der Waals surface area (Å²) < 4.78 is 11.3. The Hall–Kier alpha value is -2.28. The molecule has 0 bridgehead atoms. The first-order chi connectivity index (χ1) is 14.5. The summed E-state index contributed by atoms with van der Waals surface area (Å²) in [6.45, 7) is 5.63. The van der Waals surface area contributed by atoms with Crippen LogP contribution in [0.2, 0.25) is 0 Å². The number of benzene rings is 1. The molecule has 170 valence electrons. The van der Waals surface area contributed by atoms with Crippen molar-refractivity contribution in [3.05, 3.63) is 24.3 Å². The zero-order valence-electron chi connectivity index (χ0n) is 18.5. The molecule has 7 nitrogen and oxygen atoms in total. The Morgan fingerprint density at radius 2 is 1.77 bits per heavy atom. The Morgan fingerprint density at radius 3 is 2.47 bits per heavy atom. The van der Waals surface area contributed by atoms with E-state index in [1.165, 1.54) is 31.4 Å². The normalized spacial score (nSPS) is 11.7. The maximum Gasteiger partial charge on any atom is 0.321 e. The van der Waals surface area contributed by atoms with Gasteiger partial charge in [0, 0.05) is 13.0 Å². The van der Waals surface area contributed by atoms with Crippen LogP contribution in [-0.2, 0) is 9.53 Å². The molecular weight excluding hydrogens is 384 g/mol. The lowest BCUT2D eigenvalue weighted by atomic mass is 10.1. The van der Waals surface area contributed by atoms with Crippen molar-refractivity contribution in [2.45, 2.75) is 77.7 Å². The van der Waals surface area contributed by atoms with E-state index in [1.54, 1.807) is 12.1 Å². The van der Waals surface area contributed by atoms with Gasteiger partial charge in [0.05, 0.1) is 12.6 Å². The highest BCUT2D eigenvalue weighted by Crippen LogP contribution is 2.15. The predicted molar refractivity (Wildman–Crippen MR) is 118 cm³/mol. The van der Waals surface area contributed by atoms with Gasteiger partial charge in [-0.2, -0.15) is 0 Å². The second-order valence-corrected chi connectivity index (χ2v) is 7.35. The molecule has 30 heavy (non-hydrogen) atoms. The molecule has 3 N–H and O–H groups in total. The number of imide groups is 1. The molecule has 1 unspecified atom stereocenters. The van der Waals surface area contributed by atoms with Crippen LogP contribution in [0, 0.1) is 0 Å². The zero-order valence-corrected chi connectivity index (χ0v) is 18.5. The summed E-state index contributed by atoms with van der Waals surface area (Å²) in [4.78, 5) is 23.5. The molecule has 0 radical (unpaired) electrons. The second kappa shape index (κ2) is 16.5. The number of unbranched alkanes of at least 4 members (excludes halogenated alkanes) is 4. The van der Waals surface area contributed by atoms with Gasteiger partial charge in [-0.1, -0.05) is 39.5 Å². The summed E-state index contributed by atoms with van der Waals surface area (Å²) in [6, 6.07) is 5.81. The molecule has 1 aromatic rings. The monoisotopic (exact) mass is 422 g/mol. The molecule has 1 rings (SSSR count). The fourth-order valence-electron chi connectivity index (χ4n) is 2.95. The highest BCUT2D eigenvalue weighted by molar-refractivity contribution is 5.94. The summed E-state index contributed by atoms with van der Waals surface area (Å²) >= 11 is 0. The Bertz CT molecular complexity index is 592. The molecule has 1 atom stereocenters. The molecule has 0 spiro atoms. The maximum absolute atomic E-state index is 11.8. The highest BCUT2D eigenvalue weighted by atomic mass is 16.5. The van der Waals surface area contributed by atoms with Crippen molar-refractivity contribution < 1.29 is 24.2 Å². The van der Waals surface area contributed by atoms with E-state index in [-0.39, 0.29) is 24.8 Å². The topological polar surface area (TPSA) is 96.9 Å². The van der Waals surface area contributed by atoms with Crippen LogP contribution < -0.4 is 15.4 Å². The van der Waals surface area contributed by atoms with Gasteiger partial charge in [0.2, 0.25) is 5.91 Å². The third kappa shape index (κ3) is 13.0. The Balaban J connectivity index is 2.00. The maximum atomic E-state index is 11.8. The average molecular weight is 423 g/mol. The minimum absolute atomic E-state index is 0.165. The minimum Gasteiger partial charge on any atom is -0.508 e. The van der Waals surface area contributed by atoms with Gasteiger partial charge >= 0.3 is 6.03 Å². The van der Waals surface area contributed by atoms with Crippen molar-refractivity contribution in [1.82, 2.24) is 10.6 Å². The lowest BCUT2D eigenvalue weighted by Crippen LogP contribution is -2.40. The van der Waals surface area contributed by atoms with E-state index < -0.39 is 6.03 Å². The first kappa shape index (κ1) is 25.8. The van der Waals surface area contributed by atoms with Gasteiger partial charge in [0.25, 0.3) is 0 Å². The molecule has 0 aliphatic carbocycles. The average Bonchev–Trinajstić information content (AvgIpc) is 2.73. The Morgan fingerprint density at radius 1 is 1.00 bits per heavy atom. The third-order valence-electron chi connectivity index (χ3n) is 4.73. The fraction of sp³-hybridized carbons (Fsp3) is 0.652. The molecule has 3 amide bonds. The van der Waals surface area contributed by atoms with Crippen LogP contribution >= 0.6 is 0 Å². The number of carbonyl (C=O) groups excluding carboxylic acids is 2.